The molecule has 0 fully saturated rings. The average Bonchev–Trinajstić information content (AvgIpc) is 3.09. The topological polar surface area (TPSA) is 72.9 Å². The van der Waals surface area contributed by atoms with Crippen molar-refractivity contribution in [2.24, 2.45) is 5.73 Å². The third-order valence-corrected chi connectivity index (χ3v) is 5.09. The van der Waals surface area contributed by atoms with Gasteiger partial charge in [-0.3, -0.25) is 4.79 Å². The molecule has 2 heterocycles. The van der Waals surface area contributed by atoms with Crippen molar-refractivity contribution in [1.29, 1.82) is 0 Å². The lowest BCUT2D eigenvalue weighted by molar-refractivity contribution is 0.0957. The van der Waals surface area contributed by atoms with Gasteiger partial charge in [-0.2, -0.15) is 5.10 Å². The van der Waals surface area contributed by atoms with Crippen molar-refractivity contribution in [3.8, 4) is 5.69 Å². The maximum absolute atomic E-state index is 12.3. The van der Waals surface area contributed by atoms with Crippen LogP contribution >= 0.6 is 22.9 Å². The van der Waals surface area contributed by atoms with E-state index in [2.05, 4.69) is 10.4 Å². The van der Waals surface area contributed by atoms with E-state index in [0.29, 0.717) is 16.4 Å². The summed E-state index contributed by atoms with van der Waals surface area (Å²) in [4.78, 5) is 13.9. The highest BCUT2D eigenvalue weighted by Gasteiger charge is 2.17. The predicted octanol–water partition coefficient (Wildman–Crippen LogP) is 3.52. The molecule has 0 aliphatic carbocycles. The van der Waals surface area contributed by atoms with Crippen LogP contribution in [0.1, 0.15) is 28.7 Å². The lowest BCUT2D eigenvalue weighted by Crippen LogP contribution is -2.28. The number of amides is 1. The third kappa shape index (κ3) is 3.45. The molecular formula is C17H19ClN4OS. The zero-order valence-corrected chi connectivity index (χ0v) is 15.1. The summed E-state index contributed by atoms with van der Waals surface area (Å²) in [7, 11) is 0. The number of benzene rings is 1. The standard InChI is InChI=1S/C17H19ClN4OS/c1-10(19)7-8-20-16(23)15-9-14-11(2)21-22(17(14)24-15)13-5-3-12(18)4-6-13/h3-6,9-10H,7-8,19H2,1-2H3,(H,20,23). The monoisotopic (exact) mass is 362 g/mol. The molecule has 1 aromatic carbocycles. The highest BCUT2D eigenvalue weighted by Crippen LogP contribution is 2.30. The first-order chi connectivity index (χ1) is 11.5. The Morgan fingerprint density at radius 1 is 1.42 bits per heavy atom. The molecule has 24 heavy (non-hydrogen) atoms. The lowest BCUT2D eigenvalue weighted by Gasteiger charge is -2.06. The Bertz CT molecular complexity index is 867. The van der Waals surface area contributed by atoms with Crippen molar-refractivity contribution >= 4 is 39.1 Å². The molecule has 7 heteroatoms. The Balaban J connectivity index is 1.89. The quantitative estimate of drug-likeness (QED) is 0.729. The minimum atomic E-state index is -0.0705. The Kier molecular flexibility index (Phi) is 4.89. The van der Waals surface area contributed by atoms with Gasteiger partial charge < -0.3 is 11.1 Å². The van der Waals surface area contributed by atoms with Gasteiger partial charge in [-0.05, 0) is 50.6 Å². The highest BCUT2D eigenvalue weighted by atomic mass is 35.5. The maximum atomic E-state index is 12.3. The molecule has 2 aromatic heterocycles. The number of nitrogens with two attached hydrogens (primary N) is 1. The van der Waals surface area contributed by atoms with Gasteiger partial charge in [-0.15, -0.1) is 11.3 Å². The van der Waals surface area contributed by atoms with Crippen molar-refractivity contribution < 1.29 is 4.79 Å². The summed E-state index contributed by atoms with van der Waals surface area (Å²) in [6, 6.07) is 9.46. The largest absolute Gasteiger partial charge is 0.351 e. The summed E-state index contributed by atoms with van der Waals surface area (Å²) in [5, 5.41) is 9.16. The van der Waals surface area contributed by atoms with E-state index < -0.39 is 0 Å². The first kappa shape index (κ1) is 17.0. The van der Waals surface area contributed by atoms with Crippen LogP contribution in [0, 0.1) is 6.92 Å². The smallest absolute Gasteiger partial charge is 0.261 e. The first-order valence-corrected chi connectivity index (χ1v) is 8.94. The molecule has 0 saturated heterocycles. The number of carbonyl (C=O) groups excluding carboxylic acids is 1. The number of fused-ring (bicyclic) bond motifs is 1. The number of halogens is 1. The molecule has 0 radical (unpaired) electrons. The maximum Gasteiger partial charge on any atom is 0.261 e. The van der Waals surface area contributed by atoms with Crippen LogP contribution in [0.4, 0.5) is 0 Å². The van der Waals surface area contributed by atoms with Crippen LogP contribution in [0.3, 0.4) is 0 Å². The molecule has 1 unspecified atom stereocenters. The fourth-order valence-corrected chi connectivity index (χ4v) is 3.64. The Morgan fingerprint density at radius 2 is 2.12 bits per heavy atom. The van der Waals surface area contributed by atoms with Gasteiger partial charge in [-0.1, -0.05) is 11.6 Å². The van der Waals surface area contributed by atoms with Gasteiger partial charge in [0, 0.05) is 23.0 Å². The Labute approximate surface area is 149 Å². The van der Waals surface area contributed by atoms with Gasteiger partial charge in [0.2, 0.25) is 0 Å². The molecule has 126 valence electrons. The van der Waals surface area contributed by atoms with Crippen molar-refractivity contribution in [1.82, 2.24) is 15.1 Å². The Hall–Kier alpha value is -1.89. The number of aryl methyl sites for hydroxylation is 1. The van der Waals surface area contributed by atoms with Gasteiger partial charge in [0.25, 0.3) is 5.91 Å². The van der Waals surface area contributed by atoms with E-state index in [9.17, 15) is 4.79 Å². The van der Waals surface area contributed by atoms with Gasteiger partial charge in [0.15, 0.2) is 0 Å². The minimum Gasteiger partial charge on any atom is -0.351 e. The molecule has 1 amide bonds. The van der Waals surface area contributed by atoms with Crippen LogP contribution in [0.25, 0.3) is 15.9 Å². The van der Waals surface area contributed by atoms with Crippen molar-refractivity contribution in [2.75, 3.05) is 6.54 Å². The molecule has 0 spiro atoms. The second-order valence-electron chi connectivity index (χ2n) is 5.82. The normalized spacial score (nSPS) is 12.5. The number of aromatic nitrogens is 2. The number of hydrogen-bond acceptors (Lipinski definition) is 4. The highest BCUT2D eigenvalue weighted by molar-refractivity contribution is 7.20. The predicted molar refractivity (Wildman–Crippen MR) is 99.3 cm³/mol. The summed E-state index contributed by atoms with van der Waals surface area (Å²) in [6.07, 6.45) is 0.758. The van der Waals surface area contributed by atoms with E-state index in [1.54, 1.807) is 0 Å². The molecule has 3 N–H and O–H groups in total. The SMILES string of the molecule is Cc1nn(-c2ccc(Cl)cc2)c2sc(C(=O)NCCC(C)N)cc12. The average molecular weight is 363 g/mol. The zero-order chi connectivity index (χ0) is 17.3. The van der Waals surface area contributed by atoms with E-state index >= 15 is 0 Å². The number of rotatable bonds is 5. The van der Waals surface area contributed by atoms with E-state index in [1.807, 2.05) is 48.9 Å². The summed E-state index contributed by atoms with van der Waals surface area (Å²) < 4.78 is 1.85. The molecule has 1 atom stereocenters. The van der Waals surface area contributed by atoms with Crippen LogP contribution in [0.5, 0.6) is 0 Å². The number of thiophene rings is 1. The molecule has 5 nitrogen and oxygen atoms in total. The van der Waals surface area contributed by atoms with Gasteiger partial charge >= 0.3 is 0 Å². The van der Waals surface area contributed by atoms with E-state index in [1.165, 1.54) is 11.3 Å². The fourth-order valence-electron chi connectivity index (χ4n) is 2.42. The summed E-state index contributed by atoms with van der Waals surface area (Å²) in [6.45, 7) is 4.45. The molecule has 3 rings (SSSR count). The van der Waals surface area contributed by atoms with Crippen LogP contribution in [-0.2, 0) is 0 Å². The summed E-state index contributed by atoms with van der Waals surface area (Å²) >= 11 is 7.38. The molecule has 0 saturated carbocycles. The van der Waals surface area contributed by atoms with Crippen LogP contribution in [-0.4, -0.2) is 28.3 Å². The summed E-state index contributed by atoms with van der Waals surface area (Å²) in [5.74, 6) is -0.0705. The fraction of sp³-hybridized carbons (Fsp3) is 0.294. The second kappa shape index (κ2) is 6.93. The number of hydrogen-bond donors (Lipinski definition) is 2. The van der Waals surface area contributed by atoms with Gasteiger partial charge in [0.05, 0.1) is 16.3 Å². The molecular weight excluding hydrogens is 344 g/mol. The van der Waals surface area contributed by atoms with Crippen LogP contribution < -0.4 is 11.1 Å². The van der Waals surface area contributed by atoms with Gasteiger partial charge in [0.1, 0.15) is 4.83 Å². The zero-order valence-electron chi connectivity index (χ0n) is 13.5. The summed E-state index contributed by atoms with van der Waals surface area (Å²) in [5.41, 5.74) is 7.52. The number of carbonyl (C=O) groups is 1. The molecule has 3 aromatic rings. The van der Waals surface area contributed by atoms with E-state index in [0.717, 1.165) is 28.0 Å². The van der Waals surface area contributed by atoms with Crippen LogP contribution in [0.15, 0.2) is 30.3 Å². The first-order valence-electron chi connectivity index (χ1n) is 7.74. The Morgan fingerprint density at radius 3 is 2.79 bits per heavy atom. The molecule has 0 aliphatic rings. The van der Waals surface area contributed by atoms with E-state index in [-0.39, 0.29) is 11.9 Å². The minimum absolute atomic E-state index is 0.0705. The number of nitrogens with zero attached hydrogens (tertiary/aromatic N) is 2. The van der Waals surface area contributed by atoms with Crippen molar-refractivity contribution in [2.45, 2.75) is 26.3 Å². The van der Waals surface area contributed by atoms with Crippen LogP contribution in [0.2, 0.25) is 5.02 Å². The van der Waals surface area contributed by atoms with Crippen molar-refractivity contribution in [3.05, 3.63) is 45.9 Å². The number of nitrogens with one attached hydrogen (secondary N) is 1. The molecule has 0 bridgehead atoms. The third-order valence-electron chi connectivity index (χ3n) is 3.72. The van der Waals surface area contributed by atoms with E-state index in [4.69, 9.17) is 17.3 Å². The second-order valence-corrected chi connectivity index (χ2v) is 7.29. The van der Waals surface area contributed by atoms with Gasteiger partial charge in [-0.25, -0.2) is 4.68 Å². The van der Waals surface area contributed by atoms with Crippen molar-refractivity contribution in [3.63, 3.8) is 0 Å². The molecule has 0 aliphatic heterocycles. The lowest BCUT2D eigenvalue weighted by atomic mass is 10.2.